The summed E-state index contributed by atoms with van der Waals surface area (Å²) in [4.78, 5) is 32.3. The van der Waals surface area contributed by atoms with E-state index in [0.717, 1.165) is 57.7 Å². The SMILES string of the molecule is O=C(OCc1ccccc1)N1CCN(C(CCc2ccccc2)CN2CC3CC(C2)c2cccc(=O)n2C3)CC1. The van der Waals surface area contributed by atoms with E-state index in [-0.39, 0.29) is 11.7 Å². The van der Waals surface area contributed by atoms with Gasteiger partial charge in [-0.25, -0.2) is 4.79 Å². The maximum Gasteiger partial charge on any atom is 0.410 e. The number of pyridine rings is 1. The Labute approximate surface area is 237 Å². The van der Waals surface area contributed by atoms with Crippen LogP contribution in [0, 0.1) is 5.92 Å². The Balaban J connectivity index is 1.09. The molecular weight excluding hydrogens is 500 g/mol. The molecule has 0 saturated carbocycles. The van der Waals surface area contributed by atoms with Gasteiger partial charge in [-0.05, 0) is 42.4 Å². The zero-order valence-corrected chi connectivity index (χ0v) is 23.2. The second kappa shape index (κ2) is 12.4. The Morgan fingerprint density at radius 3 is 2.30 bits per heavy atom. The highest BCUT2D eigenvalue weighted by Gasteiger charge is 2.36. The van der Waals surface area contributed by atoms with Crippen molar-refractivity contribution in [2.45, 2.75) is 44.4 Å². The number of carbonyl (C=O) groups is 1. The van der Waals surface area contributed by atoms with Gasteiger partial charge < -0.3 is 19.1 Å². The largest absolute Gasteiger partial charge is 0.445 e. The van der Waals surface area contributed by atoms with Gasteiger partial charge in [0.1, 0.15) is 6.61 Å². The van der Waals surface area contributed by atoms with E-state index in [0.29, 0.717) is 37.6 Å². The Bertz CT molecular complexity index is 1320. The first kappa shape index (κ1) is 26.8. The molecule has 6 rings (SSSR count). The number of aryl methyl sites for hydroxylation is 1. The van der Waals surface area contributed by atoms with Crippen LogP contribution in [0.15, 0.2) is 83.7 Å². The van der Waals surface area contributed by atoms with Gasteiger partial charge in [0.15, 0.2) is 0 Å². The van der Waals surface area contributed by atoms with Crippen LogP contribution < -0.4 is 5.56 Å². The first-order valence-corrected chi connectivity index (χ1v) is 14.8. The van der Waals surface area contributed by atoms with Crippen LogP contribution in [-0.2, 0) is 24.3 Å². The second-order valence-electron chi connectivity index (χ2n) is 11.7. The summed E-state index contributed by atoms with van der Waals surface area (Å²) < 4.78 is 7.62. The lowest BCUT2D eigenvalue weighted by molar-refractivity contribution is 0.0383. The Morgan fingerprint density at radius 2 is 1.55 bits per heavy atom. The number of rotatable bonds is 8. The quantitative estimate of drug-likeness (QED) is 0.428. The standard InChI is InChI=1S/C33H40N4O3/c38-32-13-7-12-31-29-20-28(22-37(31)32)21-34(23-29)24-30(15-14-26-8-3-1-4-9-26)35-16-18-36(19-17-35)33(39)40-25-27-10-5-2-6-11-27/h1-13,28-30H,14-25H2. The van der Waals surface area contributed by atoms with Crippen LogP contribution in [-0.4, -0.2) is 77.2 Å². The fourth-order valence-electron chi connectivity index (χ4n) is 6.89. The molecule has 4 heterocycles. The zero-order valence-electron chi connectivity index (χ0n) is 23.2. The monoisotopic (exact) mass is 540 g/mol. The lowest BCUT2D eigenvalue weighted by atomic mass is 9.83. The summed E-state index contributed by atoms with van der Waals surface area (Å²) in [5.74, 6) is 0.949. The first-order chi connectivity index (χ1) is 19.6. The summed E-state index contributed by atoms with van der Waals surface area (Å²) in [6.07, 6.45) is 3.09. The number of nitrogens with zero attached hydrogens (tertiary/aromatic N) is 4. The number of aromatic nitrogens is 1. The van der Waals surface area contributed by atoms with E-state index in [2.05, 4.69) is 46.2 Å². The minimum Gasteiger partial charge on any atom is -0.445 e. The van der Waals surface area contributed by atoms with Crippen molar-refractivity contribution in [3.63, 3.8) is 0 Å². The van der Waals surface area contributed by atoms with Crippen molar-refractivity contribution < 1.29 is 9.53 Å². The maximum absolute atomic E-state index is 12.8. The number of piperidine rings is 1. The van der Waals surface area contributed by atoms with Gasteiger partial charge in [0, 0.05) is 76.1 Å². The Morgan fingerprint density at radius 1 is 0.825 bits per heavy atom. The van der Waals surface area contributed by atoms with E-state index in [1.807, 2.05) is 45.9 Å². The molecule has 0 radical (unpaired) electrons. The molecule has 3 atom stereocenters. The zero-order chi connectivity index (χ0) is 27.3. The minimum atomic E-state index is -0.220. The van der Waals surface area contributed by atoms with E-state index in [4.69, 9.17) is 4.74 Å². The molecule has 3 aliphatic rings. The summed E-state index contributed by atoms with van der Waals surface area (Å²) in [6.45, 7) is 7.33. The molecule has 0 N–H and O–H groups in total. The molecule has 3 aromatic rings. The molecule has 2 bridgehead atoms. The lowest BCUT2D eigenvalue weighted by Gasteiger charge is -2.46. The third-order valence-corrected chi connectivity index (χ3v) is 8.93. The molecule has 0 spiro atoms. The van der Waals surface area contributed by atoms with Crippen LogP contribution in [0.5, 0.6) is 0 Å². The highest BCUT2D eigenvalue weighted by molar-refractivity contribution is 5.67. The number of likely N-dealkylation sites (tertiary alicyclic amines) is 1. The third kappa shape index (κ3) is 6.31. The summed E-state index contributed by atoms with van der Waals surface area (Å²) in [6, 6.07) is 26.8. The van der Waals surface area contributed by atoms with Crippen LogP contribution in [0.4, 0.5) is 4.79 Å². The summed E-state index contributed by atoms with van der Waals surface area (Å²) in [7, 11) is 0. The van der Waals surface area contributed by atoms with Gasteiger partial charge >= 0.3 is 6.09 Å². The molecule has 7 nitrogen and oxygen atoms in total. The van der Waals surface area contributed by atoms with Gasteiger partial charge in [-0.15, -0.1) is 0 Å². The fraction of sp³-hybridized carbons (Fsp3) is 0.455. The molecule has 2 fully saturated rings. The average molecular weight is 541 g/mol. The fourth-order valence-corrected chi connectivity index (χ4v) is 6.89. The van der Waals surface area contributed by atoms with Gasteiger partial charge in [-0.2, -0.15) is 0 Å². The van der Waals surface area contributed by atoms with Crippen LogP contribution >= 0.6 is 0 Å². The molecule has 2 saturated heterocycles. The van der Waals surface area contributed by atoms with Gasteiger partial charge in [0.05, 0.1) is 0 Å². The van der Waals surface area contributed by atoms with Gasteiger partial charge in [0.25, 0.3) is 5.56 Å². The van der Waals surface area contributed by atoms with E-state index < -0.39 is 0 Å². The number of ether oxygens (including phenoxy) is 1. The number of amides is 1. The smallest absolute Gasteiger partial charge is 0.410 e. The van der Waals surface area contributed by atoms with E-state index in [1.54, 1.807) is 6.07 Å². The first-order valence-electron chi connectivity index (χ1n) is 14.8. The molecule has 1 amide bonds. The number of piperazine rings is 1. The van der Waals surface area contributed by atoms with Crippen molar-refractivity contribution in [3.05, 3.63) is 106 Å². The van der Waals surface area contributed by atoms with Crippen molar-refractivity contribution in [2.75, 3.05) is 45.8 Å². The molecule has 210 valence electrons. The van der Waals surface area contributed by atoms with Gasteiger partial charge in [-0.3, -0.25) is 9.69 Å². The minimum absolute atomic E-state index is 0.140. The summed E-state index contributed by atoms with van der Waals surface area (Å²) in [5.41, 5.74) is 3.73. The number of hydrogen-bond donors (Lipinski definition) is 0. The summed E-state index contributed by atoms with van der Waals surface area (Å²) >= 11 is 0. The molecule has 7 heteroatoms. The maximum atomic E-state index is 12.8. The molecule has 3 aliphatic heterocycles. The summed E-state index contributed by atoms with van der Waals surface area (Å²) in [5, 5.41) is 0. The van der Waals surface area contributed by atoms with E-state index in [9.17, 15) is 9.59 Å². The predicted octanol–water partition coefficient (Wildman–Crippen LogP) is 4.22. The molecule has 2 aromatic carbocycles. The molecule has 1 aromatic heterocycles. The van der Waals surface area contributed by atoms with Crippen LogP contribution in [0.2, 0.25) is 0 Å². The second-order valence-corrected chi connectivity index (χ2v) is 11.7. The Kier molecular flexibility index (Phi) is 8.30. The highest BCUT2D eigenvalue weighted by Crippen LogP contribution is 2.35. The number of hydrogen-bond acceptors (Lipinski definition) is 5. The molecule has 0 aliphatic carbocycles. The predicted molar refractivity (Wildman–Crippen MR) is 156 cm³/mol. The van der Waals surface area contributed by atoms with Crippen molar-refractivity contribution in [1.29, 1.82) is 0 Å². The van der Waals surface area contributed by atoms with Crippen LogP contribution in [0.3, 0.4) is 0 Å². The lowest BCUT2D eigenvalue weighted by Crippen LogP contribution is -2.56. The van der Waals surface area contributed by atoms with E-state index in [1.165, 1.54) is 17.7 Å². The van der Waals surface area contributed by atoms with Crippen molar-refractivity contribution in [1.82, 2.24) is 19.3 Å². The van der Waals surface area contributed by atoms with E-state index >= 15 is 0 Å². The van der Waals surface area contributed by atoms with Crippen LogP contribution in [0.1, 0.15) is 35.6 Å². The Hall–Kier alpha value is -3.42. The number of benzene rings is 2. The molecule has 40 heavy (non-hydrogen) atoms. The van der Waals surface area contributed by atoms with Gasteiger partial charge in [0.2, 0.25) is 0 Å². The third-order valence-electron chi connectivity index (χ3n) is 8.93. The topological polar surface area (TPSA) is 58.0 Å². The molecule has 3 unspecified atom stereocenters. The van der Waals surface area contributed by atoms with Crippen LogP contribution in [0.25, 0.3) is 0 Å². The average Bonchev–Trinajstić information content (AvgIpc) is 3.00. The van der Waals surface area contributed by atoms with Crippen molar-refractivity contribution >= 4 is 6.09 Å². The molecular formula is C33H40N4O3. The normalized spacial score (nSPS) is 21.9. The number of fused-ring (bicyclic) bond motifs is 4. The number of carbonyl (C=O) groups excluding carboxylic acids is 1. The van der Waals surface area contributed by atoms with Gasteiger partial charge in [-0.1, -0.05) is 66.7 Å². The highest BCUT2D eigenvalue weighted by atomic mass is 16.6. The van der Waals surface area contributed by atoms with Crippen molar-refractivity contribution in [2.24, 2.45) is 5.92 Å². The van der Waals surface area contributed by atoms with Crippen molar-refractivity contribution in [3.8, 4) is 0 Å².